The molecule has 2 heterocycles. The SMILES string of the molecule is O=C(Nc1nc(-c2ccccc2)ns1)C1CCN(S(=O)(=O)c2cc(F)ccc2F)CC1. The van der Waals surface area contributed by atoms with Crippen molar-refractivity contribution in [2.75, 3.05) is 18.4 Å². The van der Waals surface area contributed by atoms with Gasteiger partial charge in [0.25, 0.3) is 0 Å². The molecule has 0 radical (unpaired) electrons. The normalized spacial score (nSPS) is 15.7. The number of nitrogens with zero attached hydrogens (tertiary/aromatic N) is 3. The third-order valence-corrected chi connectivity index (χ3v) is 7.57. The van der Waals surface area contributed by atoms with Gasteiger partial charge in [0.2, 0.25) is 21.1 Å². The summed E-state index contributed by atoms with van der Waals surface area (Å²) in [7, 11) is -4.18. The van der Waals surface area contributed by atoms with Crippen molar-refractivity contribution in [2.45, 2.75) is 17.7 Å². The summed E-state index contributed by atoms with van der Waals surface area (Å²) in [5.41, 5.74) is 0.836. The Hall–Kier alpha value is -2.76. The highest BCUT2D eigenvalue weighted by Gasteiger charge is 2.34. The van der Waals surface area contributed by atoms with Crippen LogP contribution in [0.3, 0.4) is 0 Å². The van der Waals surface area contributed by atoms with Crippen LogP contribution < -0.4 is 5.32 Å². The number of carbonyl (C=O) groups excluding carboxylic acids is 1. The number of sulfonamides is 1. The molecule has 1 aliphatic rings. The zero-order chi connectivity index (χ0) is 22.0. The van der Waals surface area contributed by atoms with Crippen molar-refractivity contribution in [1.29, 1.82) is 0 Å². The molecule has 0 bridgehead atoms. The van der Waals surface area contributed by atoms with Gasteiger partial charge in [-0.3, -0.25) is 4.79 Å². The van der Waals surface area contributed by atoms with E-state index in [4.69, 9.17) is 0 Å². The highest BCUT2D eigenvalue weighted by molar-refractivity contribution is 7.89. The predicted octanol–water partition coefficient (Wildman–Crippen LogP) is 3.52. The molecule has 11 heteroatoms. The number of aromatic nitrogens is 2. The fourth-order valence-electron chi connectivity index (χ4n) is 3.36. The van der Waals surface area contributed by atoms with Gasteiger partial charge in [-0.2, -0.15) is 13.7 Å². The van der Waals surface area contributed by atoms with Gasteiger partial charge in [-0.25, -0.2) is 17.2 Å². The number of rotatable bonds is 5. The van der Waals surface area contributed by atoms with Gasteiger partial charge < -0.3 is 5.32 Å². The topological polar surface area (TPSA) is 92.3 Å². The maximum absolute atomic E-state index is 13.9. The predicted molar refractivity (Wildman–Crippen MR) is 112 cm³/mol. The summed E-state index contributed by atoms with van der Waals surface area (Å²) in [6, 6.07) is 11.7. The van der Waals surface area contributed by atoms with E-state index in [2.05, 4.69) is 14.7 Å². The molecule has 4 rings (SSSR count). The number of nitrogens with one attached hydrogen (secondary N) is 1. The van der Waals surface area contributed by atoms with Crippen LogP contribution in [0.15, 0.2) is 53.4 Å². The molecule has 1 aliphatic heterocycles. The fourth-order valence-corrected chi connectivity index (χ4v) is 5.50. The largest absolute Gasteiger partial charge is 0.300 e. The molecular formula is C20H18F2N4O3S2. The van der Waals surface area contributed by atoms with Crippen LogP contribution in [0.25, 0.3) is 11.4 Å². The van der Waals surface area contributed by atoms with Gasteiger partial charge in [-0.15, -0.1) is 0 Å². The number of halogens is 2. The van der Waals surface area contributed by atoms with Crippen LogP contribution in [0.4, 0.5) is 13.9 Å². The third kappa shape index (κ3) is 4.63. The van der Waals surface area contributed by atoms with E-state index in [9.17, 15) is 22.0 Å². The number of benzene rings is 2. The van der Waals surface area contributed by atoms with Gasteiger partial charge in [0.05, 0.1) is 0 Å². The second-order valence-corrected chi connectivity index (χ2v) is 9.69. The molecule has 1 amide bonds. The number of hydrogen-bond donors (Lipinski definition) is 1. The summed E-state index contributed by atoms with van der Waals surface area (Å²) in [6.45, 7) is 0.0590. The summed E-state index contributed by atoms with van der Waals surface area (Å²) < 4.78 is 58.0. The van der Waals surface area contributed by atoms with Crippen molar-refractivity contribution in [2.24, 2.45) is 5.92 Å². The number of hydrogen-bond acceptors (Lipinski definition) is 6. The summed E-state index contributed by atoms with van der Waals surface area (Å²) in [5, 5.41) is 3.09. The standard InChI is InChI=1S/C20H18F2N4O3S2/c21-15-6-7-16(22)17(12-15)31(28,29)26-10-8-14(9-11-26)19(27)24-20-23-18(25-30-20)13-4-2-1-3-5-13/h1-7,12,14H,8-11H2,(H,23,24,25,27). The van der Waals surface area contributed by atoms with E-state index < -0.39 is 32.5 Å². The third-order valence-electron chi connectivity index (χ3n) is 5.02. The van der Waals surface area contributed by atoms with Crippen LogP contribution in [-0.2, 0) is 14.8 Å². The fraction of sp³-hybridized carbons (Fsp3) is 0.250. The average molecular weight is 465 g/mol. The number of piperidine rings is 1. The van der Waals surface area contributed by atoms with Crippen LogP contribution in [0, 0.1) is 17.6 Å². The highest BCUT2D eigenvalue weighted by atomic mass is 32.2. The van der Waals surface area contributed by atoms with Crippen molar-refractivity contribution in [3.8, 4) is 11.4 Å². The molecule has 162 valence electrons. The minimum absolute atomic E-state index is 0.0295. The Kier molecular flexibility index (Phi) is 6.08. The van der Waals surface area contributed by atoms with Gasteiger partial charge in [0.15, 0.2) is 5.82 Å². The summed E-state index contributed by atoms with van der Waals surface area (Å²) in [6.07, 6.45) is 0.513. The van der Waals surface area contributed by atoms with Crippen molar-refractivity contribution in [3.63, 3.8) is 0 Å². The Morgan fingerprint density at radius 1 is 1.10 bits per heavy atom. The Balaban J connectivity index is 1.38. The van der Waals surface area contributed by atoms with E-state index in [1.54, 1.807) is 0 Å². The second kappa shape index (κ2) is 8.77. The van der Waals surface area contributed by atoms with E-state index in [1.165, 1.54) is 0 Å². The zero-order valence-corrected chi connectivity index (χ0v) is 17.8. The Bertz CT molecular complexity index is 1190. The van der Waals surface area contributed by atoms with Crippen LogP contribution in [0.1, 0.15) is 12.8 Å². The summed E-state index contributed by atoms with van der Waals surface area (Å²) >= 11 is 1.07. The molecule has 7 nitrogen and oxygen atoms in total. The molecule has 0 unspecified atom stereocenters. The number of amides is 1. The van der Waals surface area contributed by atoms with E-state index in [0.717, 1.165) is 33.5 Å². The number of carbonyl (C=O) groups is 1. The van der Waals surface area contributed by atoms with Crippen LogP contribution in [-0.4, -0.2) is 41.1 Å². The molecule has 31 heavy (non-hydrogen) atoms. The van der Waals surface area contributed by atoms with Crippen LogP contribution >= 0.6 is 11.5 Å². The smallest absolute Gasteiger partial charge is 0.246 e. The van der Waals surface area contributed by atoms with Crippen molar-refractivity contribution < 1.29 is 22.0 Å². The highest BCUT2D eigenvalue weighted by Crippen LogP contribution is 2.27. The van der Waals surface area contributed by atoms with E-state index in [0.29, 0.717) is 17.0 Å². The molecule has 0 atom stereocenters. The summed E-state index contributed by atoms with van der Waals surface area (Å²) in [5.74, 6) is -2.02. The Morgan fingerprint density at radius 2 is 1.81 bits per heavy atom. The lowest BCUT2D eigenvalue weighted by molar-refractivity contribution is -0.120. The van der Waals surface area contributed by atoms with E-state index in [1.807, 2.05) is 30.3 Å². The zero-order valence-electron chi connectivity index (χ0n) is 16.2. The molecule has 2 aromatic carbocycles. The monoisotopic (exact) mass is 464 g/mol. The molecular weight excluding hydrogens is 446 g/mol. The summed E-state index contributed by atoms with van der Waals surface area (Å²) in [4.78, 5) is 16.2. The van der Waals surface area contributed by atoms with Crippen LogP contribution in [0.5, 0.6) is 0 Å². The van der Waals surface area contributed by atoms with Gasteiger partial charge in [-0.1, -0.05) is 30.3 Å². The second-order valence-electron chi connectivity index (χ2n) is 7.03. The maximum atomic E-state index is 13.9. The lowest BCUT2D eigenvalue weighted by atomic mass is 9.97. The van der Waals surface area contributed by atoms with Crippen molar-refractivity contribution in [3.05, 3.63) is 60.2 Å². The Labute approximate surface area is 182 Å². The minimum atomic E-state index is -4.18. The molecule has 1 N–H and O–H groups in total. The molecule has 0 saturated carbocycles. The lowest BCUT2D eigenvalue weighted by Crippen LogP contribution is -2.41. The molecule has 3 aromatic rings. The minimum Gasteiger partial charge on any atom is -0.300 e. The van der Waals surface area contributed by atoms with Crippen molar-refractivity contribution >= 4 is 32.6 Å². The first kappa shape index (κ1) is 21.5. The lowest BCUT2D eigenvalue weighted by Gasteiger charge is -2.30. The van der Waals surface area contributed by atoms with Gasteiger partial charge >= 0.3 is 0 Å². The average Bonchev–Trinajstić information content (AvgIpc) is 3.24. The molecule has 0 spiro atoms. The van der Waals surface area contributed by atoms with E-state index >= 15 is 0 Å². The first-order valence-corrected chi connectivity index (χ1v) is 11.7. The molecule has 1 saturated heterocycles. The number of anilines is 1. The Morgan fingerprint density at radius 3 is 2.52 bits per heavy atom. The first-order valence-electron chi connectivity index (χ1n) is 9.50. The van der Waals surface area contributed by atoms with Gasteiger partial charge in [0.1, 0.15) is 16.5 Å². The maximum Gasteiger partial charge on any atom is 0.246 e. The van der Waals surface area contributed by atoms with Gasteiger partial charge in [0, 0.05) is 36.1 Å². The molecule has 1 fully saturated rings. The van der Waals surface area contributed by atoms with E-state index in [-0.39, 0.29) is 31.8 Å². The first-order chi connectivity index (χ1) is 14.8. The quantitative estimate of drug-likeness (QED) is 0.624. The van der Waals surface area contributed by atoms with Crippen LogP contribution in [0.2, 0.25) is 0 Å². The molecule has 1 aromatic heterocycles. The molecule has 0 aliphatic carbocycles. The van der Waals surface area contributed by atoms with Crippen molar-refractivity contribution in [1.82, 2.24) is 13.7 Å². The van der Waals surface area contributed by atoms with Gasteiger partial charge in [-0.05, 0) is 31.0 Å².